The fourth-order valence-electron chi connectivity index (χ4n) is 31.5. The maximum Gasteiger partial charge on any atom is 0.159 e. The van der Waals surface area contributed by atoms with Crippen LogP contribution in [-0.4, -0.2) is 118 Å². The molecule has 484 valence electrons. The molecule has 0 aromatic rings. The van der Waals surface area contributed by atoms with E-state index in [0.717, 1.165) is 174 Å². The molecule has 0 N–H and O–H groups in total. The van der Waals surface area contributed by atoms with Gasteiger partial charge in [0.15, 0.2) is 13.4 Å². The van der Waals surface area contributed by atoms with Gasteiger partial charge in [-0.3, -0.25) is 19.6 Å². The molecule has 4 aliphatic heterocycles. The van der Waals surface area contributed by atoms with Gasteiger partial charge in [0.25, 0.3) is 0 Å². The van der Waals surface area contributed by atoms with Crippen molar-refractivity contribution in [2.24, 2.45) is 58.7 Å². The SMILES string of the molecule is CC(C)(C)[C@H]1CC2C3B(C4C[C@@H]5B6C7CCC([C@@H]8CCC9CC[C@@H]%10CCC[C@@H]%11CCC8[C@H]9C%11%10)CC7N(C7CCCCC7)C7CC(N(C8CCCCC8)C8CCCCC8)CC(OC5CC4N2C2CCCCC2)C67)C2CCCC[C@H]2N(C2CCCCC2)[C@H]3C1. The number of hydrogen-bond donors (Lipinski definition) is 0. The van der Waals surface area contributed by atoms with Gasteiger partial charge in [-0.15, -0.1) is 0 Å². The molecule has 0 aromatic heterocycles. The van der Waals surface area contributed by atoms with Gasteiger partial charge in [-0.1, -0.05) is 175 Å². The molecule has 0 radical (unpaired) electrons. The van der Waals surface area contributed by atoms with E-state index in [1.807, 2.05) is 0 Å². The number of fused-ring (bicyclic) bond motifs is 8. The van der Waals surface area contributed by atoms with Crippen molar-refractivity contribution in [1.82, 2.24) is 19.6 Å². The van der Waals surface area contributed by atoms with Crippen LogP contribution in [0.3, 0.4) is 0 Å². The zero-order valence-electron chi connectivity index (χ0n) is 56.8. The maximum absolute atomic E-state index is 8.66. The second kappa shape index (κ2) is 24.5. The molecular formula is C80H132B2N4O. The summed E-state index contributed by atoms with van der Waals surface area (Å²) in [6.07, 6.45) is 72.8. The van der Waals surface area contributed by atoms with Crippen LogP contribution in [0.2, 0.25) is 34.9 Å². The summed E-state index contributed by atoms with van der Waals surface area (Å²) in [6.45, 7) is 9.97. The molecule has 0 aromatic carbocycles. The third-order valence-electron chi connectivity index (χ3n) is 34.2. The van der Waals surface area contributed by atoms with Crippen molar-refractivity contribution in [3.63, 3.8) is 0 Å². The second-order valence-electron chi connectivity index (χ2n) is 38.2. The predicted molar refractivity (Wildman–Crippen MR) is 363 cm³/mol. The first-order valence-corrected chi connectivity index (χ1v) is 41.6. The first kappa shape index (κ1) is 59.4. The van der Waals surface area contributed by atoms with Gasteiger partial charge in [0, 0.05) is 72.5 Å². The topological polar surface area (TPSA) is 22.2 Å². The molecule has 0 amide bonds. The molecule has 14 saturated carbocycles. The Labute approximate surface area is 535 Å². The summed E-state index contributed by atoms with van der Waals surface area (Å²) in [7, 11) is 0. The molecular weight excluding hydrogens is 1050 g/mol. The Morgan fingerprint density at radius 1 is 0.310 bits per heavy atom. The van der Waals surface area contributed by atoms with Crippen molar-refractivity contribution < 1.29 is 4.74 Å². The molecule has 18 fully saturated rings. The summed E-state index contributed by atoms with van der Waals surface area (Å²) < 4.78 is 8.66. The van der Waals surface area contributed by atoms with Crippen molar-refractivity contribution in [2.45, 2.75) is 442 Å². The fraction of sp³-hybridized carbons (Fsp3) is 1.00. The Morgan fingerprint density at radius 3 is 1.40 bits per heavy atom. The van der Waals surface area contributed by atoms with E-state index in [9.17, 15) is 0 Å². The minimum absolute atomic E-state index is 0.378. The molecule has 7 heteroatoms. The van der Waals surface area contributed by atoms with Crippen LogP contribution in [-0.2, 0) is 4.74 Å². The molecule has 5 nitrogen and oxygen atoms in total. The molecule has 18 rings (SSSR count). The van der Waals surface area contributed by atoms with Crippen molar-refractivity contribution in [1.29, 1.82) is 0 Å². The van der Waals surface area contributed by atoms with Crippen LogP contribution in [0, 0.1) is 58.7 Å². The standard InChI is InChI=1S/C80H132B2N4O/c1-80(2,3)55-45-71-78-72(46-55)86(60-32-17-8-18-33-60)70-50-74-67(49-66(70)81(78)64-34-19-20-35-68(64)84(71)58-28-13-6-14-29-58)82-65-43-40-54(62-41-38-53-37-36-51-22-21-23-52-39-42-63(62)77(53)76(51)52)44-69(65)85(59-30-15-7-16-31-59)73-47-61(48-75(87-74)79(73)82)83(56-24-9-4-10-25-56)57-26-11-5-12-27-57/h51-79H,4-50H2,1-3H3/t51-,52+,53?,54?,55+,61?,62-,63?,64?,65?,66?,67-,68+,69?,70?,71-,72?,73?,74?,75?,76?,77-,78?,79?/m0/s1. The number of ether oxygens (including phenoxy) is 1. The Kier molecular flexibility index (Phi) is 16.8. The number of rotatable bonds is 7. The van der Waals surface area contributed by atoms with Gasteiger partial charge in [0.05, 0.1) is 12.2 Å². The minimum atomic E-state index is 0.378. The van der Waals surface area contributed by atoms with Crippen LogP contribution in [0.25, 0.3) is 0 Å². The third-order valence-corrected chi connectivity index (χ3v) is 34.2. The number of nitrogens with zero attached hydrogens (tertiary/aromatic N) is 4. The summed E-state index contributed by atoms with van der Waals surface area (Å²) in [5.74, 6) is 14.8. The minimum Gasteiger partial charge on any atom is -0.376 e. The van der Waals surface area contributed by atoms with Crippen LogP contribution in [0.15, 0.2) is 0 Å². The quantitative estimate of drug-likeness (QED) is 0.236. The Morgan fingerprint density at radius 2 is 0.793 bits per heavy atom. The molecule has 18 aliphatic rings. The van der Waals surface area contributed by atoms with Crippen LogP contribution in [0.4, 0.5) is 0 Å². The average Bonchev–Trinajstić information content (AvgIpc) is 0.912. The molecule has 87 heavy (non-hydrogen) atoms. The average molecular weight is 1190 g/mol. The molecule has 4 saturated heterocycles. The highest BCUT2D eigenvalue weighted by Crippen LogP contribution is 2.70. The van der Waals surface area contributed by atoms with E-state index in [1.165, 1.54) is 212 Å². The lowest BCUT2D eigenvalue weighted by molar-refractivity contribution is -0.143. The van der Waals surface area contributed by atoms with Crippen molar-refractivity contribution in [3.05, 3.63) is 0 Å². The molecule has 0 bridgehead atoms. The van der Waals surface area contributed by atoms with E-state index in [1.54, 1.807) is 89.9 Å². The van der Waals surface area contributed by atoms with Crippen molar-refractivity contribution >= 4 is 13.4 Å². The summed E-state index contributed by atoms with van der Waals surface area (Å²) in [6, 6.07) is 9.80. The molecule has 14 aliphatic carbocycles. The van der Waals surface area contributed by atoms with E-state index in [-0.39, 0.29) is 0 Å². The predicted octanol–water partition coefficient (Wildman–Crippen LogP) is 19.8. The van der Waals surface area contributed by atoms with E-state index in [4.69, 9.17) is 4.74 Å². The van der Waals surface area contributed by atoms with E-state index in [0.29, 0.717) is 17.6 Å². The lowest BCUT2D eigenvalue weighted by atomic mass is 9.14. The monoisotopic (exact) mass is 1190 g/mol. The van der Waals surface area contributed by atoms with Crippen LogP contribution < -0.4 is 0 Å². The van der Waals surface area contributed by atoms with Gasteiger partial charge in [0.1, 0.15) is 0 Å². The third kappa shape index (κ3) is 10.3. The Balaban J connectivity index is 0.747. The van der Waals surface area contributed by atoms with E-state index in [2.05, 4.69) is 40.4 Å². The highest BCUT2D eigenvalue weighted by Gasteiger charge is 2.71. The summed E-state index contributed by atoms with van der Waals surface area (Å²) in [5, 5.41) is 0. The smallest absolute Gasteiger partial charge is 0.159 e. The van der Waals surface area contributed by atoms with Gasteiger partial charge in [0.2, 0.25) is 0 Å². The molecule has 4 heterocycles. The lowest BCUT2D eigenvalue weighted by Gasteiger charge is -2.72. The summed E-state index contributed by atoms with van der Waals surface area (Å²) >= 11 is 0. The largest absolute Gasteiger partial charge is 0.376 e. The van der Waals surface area contributed by atoms with Gasteiger partial charge in [-0.2, -0.15) is 0 Å². The van der Waals surface area contributed by atoms with E-state index >= 15 is 0 Å². The van der Waals surface area contributed by atoms with Crippen LogP contribution >= 0.6 is 0 Å². The highest BCUT2D eigenvalue weighted by molar-refractivity contribution is 6.67. The second-order valence-corrected chi connectivity index (χ2v) is 38.2. The first-order valence-electron chi connectivity index (χ1n) is 41.6. The number of hydrogen-bond acceptors (Lipinski definition) is 5. The summed E-state index contributed by atoms with van der Waals surface area (Å²) in [5.41, 5.74) is 0.378. The van der Waals surface area contributed by atoms with Gasteiger partial charge in [-0.05, 0) is 241 Å². The van der Waals surface area contributed by atoms with Crippen molar-refractivity contribution in [2.75, 3.05) is 0 Å². The summed E-state index contributed by atoms with van der Waals surface area (Å²) in [4.78, 5) is 14.1. The van der Waals surface area contributed by atoms with Gasteiger partial charge < -0.3 is 4.74 Å². The highest BCUT2D eigenvalue weighted by atomic mass is 16.5. The molecule has 16 unspecified atom stereocenters. The van der Waals surface area contributed by atoms with E-state index < -0.39 is 0 Å². The Hall–Kier alpha value is -0.0701. The van der Waals surface area contributed by atoms with Gasteiger partial charge in [-0.25, -0.2) is 0 Å². The van der Waals surface area contributed by atoms with Crippen LogP contribution in [0.1, 0.15) is 323 Å². The molecule has 0 spiro atoms. The maximum atomic E-state index is 8.66. The zero-order chi connectivity index (χ0) is 57.6. The van der Waals surface area contributed by atoms with Crippen LogP contribution in [0.5, 0.6) is 0 Å². The fourth-order valence-corrected chi connectivity index (χ4v) is 31.5. The lowest BCUT2D eigenvalue weighted by Crippen LogP contribution is -2.76. The normalized spacial score (nSPS) is 49.8. The Bertz CT molecular complexity index is 2310. The van der Waals surface area contributed by atoms with Gasteiger partial charge >= 0.3 is 0 Å². The first-order chi connectivity index (χ1) is 42.8. The zero-order valence-corrected chi connectivity index (χ0v) is 56.8. The van der Waals surface area contributed by atoms with Crippen molar-refractivity contribution in [3.8, 4) is 0 Å². The molecule has 24 atom stereocenters.